The SMILES string of the molecule is CC(=O)OCCOC(=O)c1c(C)nc(C)c(C(C)=O)c1-c1cccc([N+](=O)[O-])c1. The fourth-order valence-corrected chi connectivity index (χ4v) is 2.99. The molecule has 0 aliphatic heterocycles. The third kappa shape index (κ3) is 5.01. The maximum Gasteiger partial charge on any atom is 0.340 e. The molecule has 0 atom stereocenters. The maximum absolute atomic E-state index is 12.8. The lowest BCUT2D eigenvalue weighted by atomic mass is 9.90. The zero-order valence-electron chi connectivity index (χ0n) is 16.5. The topological polar surface area (TPSA) is 126 Å². The van der Waals surface area contributed by atoms with Crippen molar-refractivity contribution in [2.45, 2.75) is 27.7 Å². The number of hydrogen-bond donors (Lipinski definition) is 0. The minimum Gasteiger partial charge on any atom is -0.462 e. The zero-order chi connectivity index (χ0) is 21.7. The molecular weight excluding hydrogens is 380 g/mol. The Kier molecular flexibility index (Phi) is 6.76. The highest BCUT2D eigenvalue weighted by Crippen LogP contribution is 2.34. The van der Waals surface area contributed by atoms with E-state index in [9.17, 15) is 24.5 Å². The fourth-order valence-electron chi connectivity index (χ4n) is 2.99. The second-order valence-corrected chi connectivity index (χ2v) is 6.25. The Labute approximate surface area is 166 Å². The number of nitrogens with zero attached hydrogens (tertiary/aromatic N) is 2. The van der Waals surface area contributed by atoms with Gasteiger partial charge in [0.1, 0.15) is 13.2 Å². The van der Waals surface area contributed by atoms with Gasteiger partial charge in [0, 0.05) is 35.9 Å². The molecule has 0 spiro atoms. The van der Waals surface area contributed by atoms with Crippen LogP contribution in [0.3, 0.4) is 0 Å². The van der Waals surface area contributed by atoms with E-state index in [0.29, 0.717) is 17.0 Å². The lowest BCUT2D eigenvalue weighted by molar-refractivity contribution is -0.384. The molecule has 0 unspecified atom stereocenters. The molecule has 1 aromatic carbocycles. The van der Waals surface area contributed by atoms with Crippen molar-refractivity contribution in [1.29, 1.82) is 0 Å². The van der Waals surface area contributed by atoms with Gasteiger partial charge in [-0.1, -0.05) is 12.1 Å². The molecule has 0 bridgehead atoms. The molecule has 0 amide bonds. The molecule has 0 aliphatic rings. The van der Waals surface area contributed by atoms with Gasteiger partial charge in [-0.2, -0.15) is 0 Å². The first-order valence-corrected chi connectivity index (χ1v) is 8.71. The van der Waals surface area contributed by atoms with E-state index in [1.807, 2.05) is 0 Å². The summed E-state index contributed by atoms with van der Waals surface area (Å²) in [6, 6.07) is 5.65. The normalized spacial score (nSPS) is 10.3. The average Bonchev–Trinajstić information content (AvgIpc) is 2.64. The third-order valence-corrected chi connectivity index (χ3v) is 4.08. The summed E-state index contributed by atoms with van der Waals surface area (Å²) in [6.45, 7) is 5.47. The van der Waals surface area contributed by atoms with Crippen LogP contribution in [-0.4, -0.2) is 40.8 Å². The van der Waals surface area contributed by atoms with Crippen LogP contribution in [0.2, 0.25) is 0 Å². The van der Waals surface area contributed by atoms with Gasteiger partial charge in [0.15, 0.2) is 5.78 Å². The van der Waals surface area contributed by atoms with Crippen LogP contribution < -0.4 is 0 Å². The first kappa shape index (κ1) is 21.7. The molecule has 0 N–H and O–H groups in total. The zero-order valence-corrected chi connectivity index (χ0v) is 16.5. The van der Waals surface area contributed by atoms with Crippen molar-refractivity contribution in [2.75, 3.05) is 13.2 Å². The van der Waals surface area contributed by atoms with E-state index in [-0.39, 0.29) is 41.4 Å². The maximum atomic E-state index is 12.8. The molecule has 29 heavy (non-hydrogen) atoms. The second kappa shape index (κ2) is 9.05. The van der Waals surface area contributed by atoms with E-state index in [1.54, 1.807) is 19.9 Å². The van der Waals surface area contributed by atoms with Gasteiger partial charge in [0.05, 0.1) is 16.2 Å². The minimum atomic E-state index is -0.772. The first-order valence-electron chi connectivity index (χ1n) is 8.71. The summed E-state index contributed by atoms with van der Waals surface area (Å²) in [7, 11) is 0. The van der Waals surface area contributed by atoms with Crippen molar-refractivity contribution >= 4 is 23.4 Å². The molecule has 0 fully saturated rings. The number of nitro benzene ring substituents is 1. The van der Waals surface area contributed by atoms with Gasteiger partial charge in [-0.3, -0.25) is 24.7 Å². The summed E-state index contributed by atoms with van der Waals surface area (Å²) in [5.41, 5.74) is 1.29. The summed E-state index contributed by atoms with van der Waals surface area (Å²) < 4.78 is 9.91. The fraction of sp³-hybridized carbons (Fsp3) is 0.300. The van der Waals surface area contributed by atoms with E-state index < -0.39 is 16.9 Å². The van der Waals surface area contributed by atoms with Gasteiger partial charge in [-0.15, -0.1) is 0 Å². The first-order chi connectivity index (χ1) is 13.6. The van der Waals surface area contributed by atoms with Crippen LogP contribution in [0.4, 0.5) is 5.69 Å². The number of ether oxygens (including phenoxy) is 2. The van der Waals surface area contributed by atoms with E-state index in [1.165, 1.54) is 32.0 Å². The highest BCUT2D eigenvalue weighted by molar-refractivity contribution is 6.09. The number of aryl methyl sites for hydroxylation is 2. The molecule has 1 heterocycles. The van der Waals surface area contributed by atoms with E-state index >= 15 is 0 Å². The van der Waals surface area contributed by atoms with Crippen molar-refractivity contribution in [3.63, 3.8) is 0 Å². The van der Waals surface area contributed by atoms with Crippen LogP contribution in [0.15, 0.2) is 24.3 Å². The number of non-ortho nitro benzene ring substituents is 1. The number of hydrogen-bond acceptors (Lipinski definition) is 8. The molecule has 0 aliphatic carbocycles. The lowest BCUT2D eigenvalue weighted by Crippen LogP contribution is -2.17. The van der Waals surface area contributed by atoms with Gasteiger partial charge < -0.3 is 9.47 Å². The number of rotatable bonds is 7. The quantitative estimate of drug-likeness (QED) is 0.228. The number of benzene rings is 1. The van der Waals surface area contributed by atoms with Gasteiger partial charge in [0.25, 0.3) is 5.69 Å². The Balaban J connectivity index is 2.62. The Morgan fingerprint density at radius 2 is 1.66 bits per heavy atom. The second-order valence-electron chi connectivity index (χ2n) is 6.25. The number of carbonyl (C=O) groups excluding carboxylic acids is 3. The Morgan fingerprint density at radius 1 is 1.03 bits per heavy atom. The molecule has 0 radical (unpaired) electrons. The minimum absolute atomic E-state index is 0.0316. The molecule has 152 valence electrons. The smallest absolute Gasteiger partial charge is 0.340 e. The summed E-state index contributed by atoms with van der Waals surface area (Å²) in [5.74, 6) is -1.62. The van der Waals surface area contributed by atoms with Crippen molar-refractivity contribution in [2.24, 2.45) is 0 Å². The van der Waals surface area contributed by atoms with Crippen LogP contribution in [0.5, 0.6) is 0 Å². The van der Waals surface area contributed by atoms with Crippen molar-refractivity contribution < 1.29 is 28.8 Å². The van der Waals surface area contributed by atoms with Crippen LogP contribution in [0, 0.1) is 24.0 Å². The highest BCUT2D eigenvalue weighted by Gasteiger charge is 2.26. The molecule has 2 aromatic rings. The molecule has 9 heteroatoms. The summed E-state index contributed by atoms with van der Waals surface area (Å²) in [5, 5.41) is 11.2. The number of nitro groups is 1. The molecular formula is C20H20N2O7. The molecule has 9 nitrogen and oxygen atoms in total. The molecule has 0 saturated carbocycles. The van der Waals surface area contributed by atoms with Crippen molar-refractivity contribution in [1.82, 2.24) is 4.98 Å². The van der Waals surface area contributed by atoms with Crippen LogP contribution in [-0.2, 0) is 14.3 Å². The Bertz CT molecular complexity index is 999. The summed E-state index contributed by atoms with van der Waals surface area (Å²) in [4.78, 5) is 50.8. The summed E-state index contributed by atoms with van der Waals surface area (Å²) >= 11 is 0. The molecule has 0 saturated heterocycles. The Morgan fingerprint density at radius 3 is 2.24 bits per heavy atom. The van der Waals surface area contributed by atoms with E-state index in [0.717, 1.165) is 0 Å². The summed E-state index contributed by atoms with van der Waals surface area (Å²) in [6.07, 6.45) is 0. The predicted octanol–water partition coefficient (Wildman–Crippen LogP) is 3.20. The van der Waals surface area contributed by atoms with Crippen LogP contribution >= 0.6 is 0 Å². The predicted molar refractivity (Wildman–Crippen MR) is 103 cm³/mol. The molecule has 1 aromatic heterocycles. The van der Waals surface area contributed by atoms with Gasteiger partial charge in [-0.05, 0) is 26.3 Å². The number of ketones is 1. The number of carbonyl (C=O) groups is 3. The number of esters is 2. The largest absolute Gasteiger partial charge is 0.462 e. The van der Waals surface area contributed by atoms with E-state index in [4.69, 9.17) is 9.47 Å². The number of pyridine rings is 1. The molecule has 2 rings (SSSR count). The highest BCUT2D eigenvalue weighted by atomic mass is 16.6. The monoisotopic (exact) mass is 400 g/mol. The van der Waals surface area contributed by atoms with Gasteiger partial charge >= 0.3 is 11.9 Å². The van der Waals surface area contributed by atoms with Crippen molar-refractivity contribution in [3.8, 4) is 11.1 Å². The van der Waals surface area contributed by atoms with Crippen LogP contribution in [0.1, 0.15) is 46.0 Å². The Hall–Kier alpha value is -3.62. The third-order valence-electron chi connectivity index (χ3n) is 4.08. The van der Waals surface area contributed by atoms with Crippen LogP contribution in [0.25, 0.3) is 11.1 Å². The average molecular weight is 400 g/mol. The van der Waals surface area contributed by atoms with E-state index in [2.05, 4.69) is 4.98 Å². The van der Waals surface area contributed by atoms with Gasteiger partial charge in [0.2, 0.25) is 0 Å². The standard InChI is InChI=1S/C20H20N2O7/c1-11-17(13(3)23)19(15-6-5-7-16(10-15)22(26)27)18(12(2)21-11)20(25)29-9-8-28-14(4)24/h5-7,10H,8-9H2,1-4H3. The number of Topliss-reactive ketones (excluding diaryl/α,β-unsaturated/α-hetero) is 1. The lowest BCUT2D eigenvalue weighted by Gasteiger charge is -2.17. The van der Waals surface area contributed by atoms with Crippen molar-refractivity contribution in [3.05, 3.63) is 56.9 Å². The number of aromatic nitrogens is 1. The van der Waals surface area contributed by atoms with Gasteiger partial charge in [-0.25, -0.2) is 4.79 Å².